The first-order chi connectivity index (χ1) is 8.16. The van der Waals surface area contributed by atoms with Crippen LogP contribution in [0, 0.1) is 17.8 Å². The van der Waals surface area contributed by atoms with Gasteiger partial charge in [-0.15, -0.1) is 0 Å². The Kier molecular flexibility index (Phi) is 2.87. The number of hydrogen-bond donors (Lipinski definition) is 2. The zero-order chi connectivity index (χ0) is 11.9. The van der Waals surface area contributed by atoms with Crippen LogP contribution in [0.4, 0.5) is 0 Å². The Balaban J connectivity index is 1.50. The van der Waals surface area contributed by atoms with Crippen LogP contribution in [-0.4, -0.2) is 36.4 Å². The molecule has 2 bridgehead atoms. The molecule has 1 heterocycles. The normalized spacial score (nSPS) is 44.2. The van der Waals surface area contributed by atoms with Crippen LogP contribution in [0.1, 0.15) is 32.1 Å². The molecule has 0 spiro atoms. The number of nitrogens with one attached hydrogen (secondary N) is 1. The van der Waals surface area contributed by atoms with Gasteiger partial charge in [0.15, 0.2) is 0 Å². The first-order valence-electron chi connectivity index (χ1n) is 6.74. The van der Waals surface area contributed by atoms with Crippen LogP contribution >= 0.6 is 0 Å². The van der Waals surface area contributed by atoms with Crippen LogP contribution < -0.4 is 5.32 Å². The molecule has 3 rings (SSSR count). The molecule has 0 aromatic heterocycles. The van der Waals surface area contributed by atoms with E-state index in [9.17, 15) is 9.90 Å². The number of rotatable bonds is 3. The summed E-state index contributed by atoms with van der Waals surface area (Å²) in [7, 11) is 0. The topological polar surface area (TPSA) is 58.6 Å². The highest BCUT2D eigenvalue weighted by Crippen LogP contribution is 2.48. The highest BCUT2D eigenvalue weighted by Gasteiger charge is 2.43. The van der Waals surface area contributed by atoms with E-state index < -0.39 is 5.60 Å². The molecule has 2 saturated carbocycles. The molecule has 3 fully saturated rings. The van der Waals surface area contributed by atoms with Crippen molar-refractivity contribution in [1.82, 2.24) is 5.32 Å². The Hall–Kier alpha value is -0.610. The minimum absolute atomic E-state index is 0.150. The second kappa shape index (κ2) is 4.25. The lowest BCUT2D eigenvalue weighted by Gasteiger charge is -2.25. The Morgan fingerprint density at radius 2 is 2.29 bits per heavy atom. The molecule has 2 N–H and O–H groups in total. The van der Waals surface area contributed by atoms with E-state index in [0.29, 0.717) is 32.1 Å². The largest absolute Gasteiger partial charge is 0.386 e. The van der Waals surface area contributed by atoms with Crippen molar-refractivity contribution in [3.8, 4) is 0 Å². The minimum atomic E-state index is -0.826. The highest BCUT2D eigenvalue weighted by molar-refractivity contribution is 5.79. The maximum absolute atomic E-state index is 12.1. The smallest absolute Gasteiger partial charge is 0.223 e. The standard InChI is InChI=1S/C13H21NO3/c15-12(11-6-9-1-2-10(11)5-9)14-7-13(16)3-4-17-8-13/h9-11,16H,1-8H2,(H,14,15). The molecular formula is C13H21NO3. The Labute approximate surface area is 102 Å². The minimum Gasteiger partial charge on any atom is -0.386 e. The predicted octanol–water partition coefficient (Wildman–Crippen LogP) is 0.690. The average Bonchev–Trinajstić information content (AvgIpc) is 3.02. The summed E-state index contributed by atoms with van der Waals surface area (Å²) in [5.74, 6) is 1.75. The molecule has 1 aliphatic heterocycles. The molecule has 2 aliphatic carbocycles. The van der Waals surface area contributed by atoms with Crippen molar-refractivity contribution in [3.63, 3.8) is 0 Å². The average molecular weight is 239 g/mol. The van der Waals surface area contributed by atoms with Crippen LogP contribution in [0.3, 0.4) is 0 Å². The van der Waals surface area contributed by atoms with Gasteiger partial charge in [-0.25, -0.2) is 0 Å². The maximum Gasteiger partial charge on any atom is 0.223 e. The van der Waals surface area contributed by atoms with Gasteiger partial charge in [0, 0.05) is 25.5 Å². The number of amides is 1. The van der Waals surface area contributed by atoms with Gasteiger partial charge >= 0.3 is 0 Å². The molecule has 0 aromatic rings. The Bertz CT molecular complexity index is 312. The Morgan fingerprint density at radius 3 is 2.88 bits per heavy atom. The van der Waals surface area contributed by atoms with E-state index in [-0.39, 0.29) is 11.8 Å². The molecule has 4 nitrogen and oxygen atoms in total. The van der Waals surface area contributed by atoms with Crippen molar-refractivity contribution in [2.24, 2.45) is 17.8 Å². The van der Waals surface area contributed by atoms with Crippen molar-refractivity contribution in [3.05, 3.63) is 0 Å². The summed E-state index contributed by atoms with van der Waals surface area (Å²) in [6.07, 6.45) is 5.46. The first-order valence-corrected chi connectivity index (χ1v) is 6.74. The van der Waals surface area contributed by atoms with Crippen molar-refractivity contribution in [2.45, 2.75) is 37.7 Å². The molecular weight excluding hydrogens is 218 g/mol. The molecule has 4 atom stereocenters. The predicted molar refractivity (Wildman–Crippen MR) is 62.3 cm³/mol. The number of aliphatic hydroxyl groups is 1. The summed E-state index contributed by atoms with van der Waals surface area (Å²) in [6, 6.07) is 0. The van der Waals surface area contributed by atoms with Crippen LogP contribution in [0.5, 0.6) is 0 Å². The maximum atomic E-state index is 12.1. The van der Waals surface area contributed by atoms with Gasteiger partial charge in [-0.2, -0.15) is 0 Å². The van der Waals surface area contributed by atoms with Crippen molar-refractivity contribution in [2.75, 3.05) is 19.8 Å². The zero-order valence-electron chi connectivity index (χ0n) is 10.2. The first kappa shape index (κ1) is 11.5. The molecule has 3 aliphatic rings. The SMILES string of the molecule is O=C(NCC1(O)CCOC1)C1CC2CCC1C2. The number of ether oxygens (including phenoxy) is 1. The van der Waals surface area contributed by atoms with E-state index in [4.69, 9.17) is 4.74 Å². The van der Waals surface area contributed by atoms with E-state index in [0.717, 1.165) is 12.3 Å². The summed E-state index contributed by atoms with van der Waals surface area (Å²) >= 11 is 0. The van der Waals surface area contributed by atoms with Gasteiger partial charge in [0.05, 0.1) is 6.61 Å². The fourth-order valence-corrected chi connectivity index (χ4v) is 3.68. The van der Waals surface area contributed by atoms with Crippen LogP contribution in [0.15, 0.2) is 0 Å². The van der Waals surface area contributed by atoms with Gasteiger partial charge in [0.25, 0.3) is 0 Å². The monoisotopic (exact) mass is 239 g/mol. The third-order valence-corrected chi connectivity index (χ3v) is 4.75. The van der Waals surface area contributed by atoms with E-state index >= 15 is 0 Å². The van der Waals surface area contributed by atoms with Gasteiger partial charge in [-0.05, 0) is 31.1 Å². The molecule has 4 heteroatoms. The second-order valence-electron chi connectivity index (χ2n) is 6.03. The number of carbonyl (C=O) groups excluding carboxylic acids is 1. The molecule has 0 aromatic carbocycles. The molecule has 4 unspecified atom stereocenters. The zero-order valence-corrected chi connectivity index (χ0v) is 10.2. The third-order valence-electron chi connectivity index (χ3n) is 4.75. The van der Waals surface area contributed by atoms with Gasteiger partial charge in [0.1, 0.15) is 5.60 Å². The summed E-state index contributed by atoms with van der Waals surface area (Å²) in [5, 5.41) is 13.0. The highest BCUT2D eigenvalue weighted by atomic mass is 16.5. The number of fused-ring (bicyclic) bond motifs is 2. The molecule has 96 valence electrons. The van der Waals surface area contributed by atoms with Crippen molar-refractivity contribution in [1.29, 1.82) is 0 Å². The van der Waals surface area contributed by atoms with E-state index in [2.05, 4.69) is 5.32 Å². The quantitative estimate of drug-likeness (QED) is 0.762. The van der Waals surface area contributed by atoms with Crippen LogP contribution in [0.25, 0.3) is 0 Å². The van der Waals surface area contributed by atoms with Gasteiger partial charge < -0.3 is 15.2 Å². The van der Waals surface area contributed by atoms with Crippen LogP contribution in [-0.2, 0) is 9.53 Å². The summed E-state index contributed by atoms with van der Waals surface area (Å²) in [5.41, 5.74) is -0.826. The van der Waals surface area contributed by atoms with Gasteiger partial charge in [-0.1, -0.05) is 6.42 Å². The van der Waals surface area contributed by atoms with E-state index in [1.54, 1.807) is 0 Å². The van der Waals surface area contributed by atoms with E-state index in [1.807, 2.05) is 0 Å². The lowest BCUT2D eigenvalue weighted by Crippen LogP contribution is -2.45. The fourth-order valence-electron chi connectivity index (χ4n) is 3.68. The second-order valence-corrected chi connectivity index (χ2v) is 6.03. The lowest BCUT2D eigenvalue weighted by atomic mass is 9.88. The molecule has 1 amide bonds. The third kappa shape index (κ3) is 2.20. The van der Waals surface area contributed by atoms with Gasteiger partial charge in [0.2, 0.25) is 5.91 Å². The summed E-state index contributed by atoms with van der Waals surface area (Å²) < 4.78 is 5.17. The number of hydrogen-bond acceptors (Lipinski definition) is 3. The van der Waals surface area contributed by atoms with Crippen molar-refractivity contribution >= 4 is 5.91 Å². The summed E-state index contributed by atoms with van der Waals surface area (Å²) in [6.45, 7) is 1.30. The summed E-state index contributed by atoms with van der Waals surface area (Å²) in [4.78, 5) is 12.1. The molecule has 0 radical (unpaired) electrons. The fraction of sp³-hybridized carbons (Fsp3) is 0.923. The van der Waals surface area contributed by atoms with Crippen molar-refractivity contribution < 1.29 is 14.6 Å². The Morgan fingerprint density at radius 1 is 1.41 bits per heavy atom. The van der Waals surface area contributed by atoms with Gasteiger partial charge in [-0.3, -0.25) is 4.79 Å². The molecule has 17 heavy (non-hydrogen) atoms. The van der Waals surface area contributed by atoms with Crippen LogP contribution in [0.2, 0.25) is 0 Å². The number of carbonyl (C=O) groups is 1. The molecule has 1 saturated heterocycles. The van der Waals surface area contributed by atoms with E-state index in [1.165, 1.54) is 19.3 Å². The lowest BCUT2D eigenvalue weighted by molar-refractivity contribution is -0.127.